The van der Waals surface area contributed by atoms with Crippen LogP contribution in [0.2, 0.25) is 0 Å². The standard InChI is InChI=1S/C10H23O3P/c1-8(2)11-14(12-9(3)4)13-10(5,6)7/h8-9H,1-7H3. The predicted octanol–water partition coefficient (Wildman–Crippen LogP) is 3.88. The van der Waals surface area contributed by atoms with Crippen LogP contribution in [0.5, 0.6) is 0 Å². The Bertz CT molecular complexity index is 142. The molecule has 0 aliphatic carbocycles. The van der Waals surface area contributed by atoms with Gasteiger partial charge in [-0.2, -0.15) is 0 Å². The summed E-state index contributed by atoms with van der Waals surface area (Å²) < 4.78 is 16.8. The highest BCUT2D eigenvalue weighted by molar-refractivity contribution is 7.41. The smallest absolute Gasteiger partial charge is 0.309 e. The molecule has 0 aliphatic rings. The Labute approximate surface area is 89.1 Å². The molecule has 0 bridgehead atoms. The summed E-state index contributed by atoms with van der Waals surface area (Å²) in [7, 11) is -1.23. The molecule has 0 aromatic heterocycles. The SMILES string of the molecule is CC(C)OP(OC(C)C)OC(C)(C)C. The first-order valence-electron chi connectivity index (χ1n) is 5.03. The Kier molecular flexibility index (Phi) is 6.15. The molecule has 0 saturated heterocycles. The number of hydrogen-bond donors (Lipinski definition) is 0. The van der Waals surface area contributed by atoms with E-state index in [1.807, 2.05) is 48.5 Å². The summed E-state index contributed by atoms with van der Waals surface area (Å²) in [6, 6.07) is 0. The maximum absolute atomic E-state index is 5.68. The van der Waals surface area contributed by atoms with Gasteiger partial charge in [-0.05, 0) is 48.5 Å². The van der Waals surface area contributed by atoms with E-state index in [2.05, 4.69) is 0 Å². The van der Waals surface area contributed by atoms with E-state index >= 15 is 0 Å². The van der Waals surface area contributed by atoms with Crippen LogP contribution in [0.25, 0.3) is 0 Å². The molecule has 0 radical (unpaired) electrons. The van der Waals surface area contributed by atoms with E-state index in [0.29, 0.717) is 0 Å². The molecule has 0 heterocycles. The van der Waals surface area contributed by atoms with E-state index in [-0.39, 0.29) is 17.8 Å². The van der Waals surface area contributed by atoms with E-state index < -0.39 is 8.60 Å². The molecule has 0 amide bonds. The lowest BCUT2D eigenvalue weighted by Crippen LogP contribution is -2.19. The van der Waals surface area contributed by atoms with E-state index in [1.165, 1.54) is 0 Å². The van der Waals surface area contributed by atoms with E-state index in [0.717, 1.165) is 0 Å². The average molecular weight is 222 g/mol. The van der Waals surface area contributed by atoms with Gasteiger partial charge in [0.15, 0.2) is 0 Å². The van der Waals surface area contributed by atoms with Crippen LogP contribution < -0.4 is 0 Å². The molecule has 0 saturated carbocycles. The summed E-state index contributed by atoms with van der Waals surface area (Å²) in [5.74, 6) is 0. The summed E-state index contributed by atoms with van der Waals surface area (Å²) in [4.78, 5) is 0. The minimum Gasteiger partial charge on any atom is -0.309 e. The van der Waals surface area contributed by atoms with Gasteiger partial charge in [0.05, 0.1) is 17.8 Å². The van der Waals surface area contributed by atoms with Crippen molar-refractivity contribution < 1.29 is 13.6 Å². The molecule has 86 valence electrons. The van der Waals surface area contributed by atoms with Crippen molar-refractivity contribution in [1.29, 1.82) is 0 Å². The molecule has 0 aliphatic heterocycles. The molecule has 4 heteroatoms. The van der Waals surface area contributed by atoms with E-state index in [1.54, 1.807) is 0 Å². The second-order valence-electron chi connectivity index (χ2n) is 4.74. The van der Waals surface area contributed by atoms with Gasteiger partial charge in [0.2, 0.25) is 0 Å². The Hall–Kier alpha value is 0.310. The quantitative estimate of drug-likeness (QED) is 0.661. The normalized spacial score (nSPS) is 13.3. The minimum atomic E-state index is -1.23. The summed E-state index contributed by atoms with van der Waals surface area (Å²) >= 11 is 0. The Morgan fingerprint density at radius 1 is 0.857 bits per heavy atom. The number of hydrogen-bond acceptors (Lipinski definition) is 3. The van der Waals surface area contributed by atoms with Crippen LogP contribution in [-0.2, 0) is 13.6 Å². The fraction of sp³-hybridized carbons (Fsp3) is 1.00. The van der Waals surface area contributed by atoms with Gasteiger partial charge in [-0.1, -0.05) is 0 Å². The summed E-state index contributed by atoms with van der Waals surface area (Å²) in [5.41, 5.74) is -0.227. The predicted molar refractivity (Wildman–Crippen MR) is 60.2 cm³/mol. The molecule has 0 atom stereocenters. The second kappa shape index (κ2) is 6.02. The van der Waals surface area contributed by atoms with Gasteiger partial charge < -0.3 is 13.6 Å². The van der Waals surface area contributed by atoms with E-state index in [9.17, 15) is 0 Å². The molecule has 14 heavy (non-hydrogen) atoms. The van der Waals surface area contributed by atoms with Gasteiger partial charge >= 0.3 is 8.60 Å². The molecule has 0 aromatic rings. The first kappa shape index (κ1) is 14.3. The highest BCUT2D eigenvalue weighted by atomic mass is 31.2. The van der Waals surface area contributed by atoms with Crippen LogP contribution in [-0.4, -0.2) is 17.8 Å². The molecule has 0 N–H and O–H groups in total. The molecule has 0 fully saturated rings. The van der Waals surface area contributed by atoms with Crippen molar-refractivity contribution in [3.63, 3.8) is 0 Å². The highest BCUT2D eigenvalue weighted by Gasteiger charge is 2.23. The highest BCUT2D eigenvalue weighted by Crippen LogP contribution is 2.45. The van der Waals surface area contributed by atoms with Crippen molar-refractivity contribution in [2.24, 2.45) is 0 Å². The molecule has 0 unspecified atom stereocenters. The third-order valence-corrected chi connectivity index (χ3v) is 2.83. The molecular formula is C10H23O3P. The van der Waals surface area contributed by atoms with Crippen LogP contribution in [0.15, 0.2) is 0 Å². The zero-order valence-electron chi connectivity index (χ0n) is 10.3. The van der Waals surface area contributed by atoms with Crippen molar-refractivity contribution >= 4 is 8.60 Å². The Balaban J connectivity index is 4.11. The fourth-order valence-electron chi connectivity index (χ4n) is 0.636. The van der Waals surface area contributed by atoms with Crippen LogP contribution in [0.4, 0.5) is 0 Å². The third-order valence-electron chi connectivity index (χ3n) is 0.942. The van der Waals surface area contributed by atoms with Gasteiger partial charge in [-0.25, -0.2) is 0 Å². The summed E-state index contributed by atoms with van der Waals surface area (Å²) in [5, 5.41) is 0. The van der Waals surface area contributed by atoms with Crippen molar-refractivity contribution in [2.75, 3.05) is 0 Å². The summed E-state index contributed by atoms with van der Waals surface area (Å²) in [6.45, 7) is 13.9. The van der Waals surface area contributed by atoms with Crippen LogP contribution in [0.1, 0.15) is 48.5 Å². The van der Waals surface area contributed by atoms with Crippen LogP contribution in [0.3, 0.4) is 0 Å². The maximum Gasteiger partial charge on any atom is 0.333 e. The van der Waals surface area contributed by atoms with Crippen LogP contribution >= 0.6 is 8.60 Å². The van der Waals surface area contributed by atoms with Gasteiger partial charge in [-0.15, -0.1) is 0 Å². The largest absolute Gasteiger partial charge is 0.333 e. The average Bonchev–Trinajstić information content (AvgIpc) is 1.77. The van der Waals surface area contributed by atoms with Gasteiger partial charge in [0, 0.05) is 0 Å². The summed E-state index contributed by atoms with van der Waals surface area (Å²) in [6.07, 6.45) is 0.254. The fourth-order valence-corrected chi connectivity index (χ4v) is 1.91. The first-order chi connectivity index (χ1) is 6.20. The lowest BCUT2D eigenvalue weighted by atomic mass is 10.2. The zero-order chi connectivity index (χ0) is 11.4. The lowest BCUT2D eigenvalue weighted by molar-refractivity contribution is 0.0520. The minimum absolute atomic E-state index is 0.127. The monoisotopic (exact) mass is 222 g/mol. The zero-order valence-corrected chi connectivity index (χ0v) is 11.2. The van der Waals surface area contributed by atoms with Gasteiger partial charge in [-0.3, -0.25) is 0 Å². The van der Waals surface area contributed by atoms with Crippen molar-refractivity contribution in [3.05, 3.63) is 0 Å². The molecule has 0 spiro atoms. The molecule has 0 rings (SSSR count). The van der Waals surface area contributed by atoms with Crippen molar-refractivity contribution in [3.8, 4) is 0 Å². The molecular weight excluding hydrogens is 199 g/mol. The van der Waals surface area contributed by atoms with Crippen molar-refractivity contribution in [1.82, 2.24) is 0 Å². The third kappa shape index (κ3) is 8.89. The second-order valence-corrected chi connectivity index (χ2v) is 5.79. The lowest BCUT2D eigenvalue weighted by Gasteiger charge is -2.27. The maximum atomic E-state index is 5.68. The molecule has 0 aromatic carbocycles. The molecule has 3 nitrogen and oxygen atoms in total. The first-order valence-corrected chi connectivity index (χ1v) is 6.13. The van der Waals surface area contributed by atoms with E-state index in [4.69, 9.17) is 13.6 Å². The Morgan fingerprint density at radius 2 is 1.21 bits per heavy atom. The van der Waals surface area contributed by atoms with Gasteiger partial charge in [0.1, 0.15) is 0 Å². The van der Waals surface area contributed by atoms with Crippen LogP contribution in [0, 0.1) is 0 Å². The Morgan fingerprint density at radius 3 is 1.43 bits per heavy atom. The topological polar surface area (TPSA) is 27.7 Å². The van der Waals surface area contributed by atoms with Gasteiger partial charge in [0.25, 0.3) is 0 Å². The number of rotatable bonds is 5. The van der Waals surface area contributed by atoms with Crippen molar-refractivity contribution in [2.45, 2.75) is 66.3 Å².